The lowest BCUT2D eigenvalue weighted by Crippen LogP contribution is -2.36. The molecule has 0 aliphatic heterocycles. The number of allylic oxidation sites excluding steroid dienone is 1. The van der Waals surface area contributed by atoms with Crippen molar-refractivity contribution >= 4 is 11.8 Å². The molecule has 4 nitrogen and oxygen atoms in total. The zero-order chi connectivity index (χ0) is 17.1. The van der Waals surface area contributed by atoms with Crippen LogP contribution in [0.15, 0.2) is 24.3 Å². The number of ketones is 1. The van der Waals surface area contributed by atoms with Gasteiger partial charge < -0.3 is 9.84 Å². The molecule has 2 unspecified atom stereocenters. The second-order valence-corrected chi connectivity index (χ2v) is 7.41. The molecule has 2 aliphatic carbocycles. The number of carboxylic acid groups (broad SMARTS) is 1. The van der Waals surface area contributed by atoms with Gasteiger partial charge in [-0.05, 0) is 49.5 Å². The minimum atomic E-state index is -0.825. The Labute approximate surface area is 138 Å². The molecule has 2 aliphatic rings. The molecule has 0 saturated heterocycles. The molecule has 128 valence electrons. The van der Waals surface area contributed by atoms with Crippen LogP contribution >= 0.6 is 0 Å². The van der Waals surface area contributed by atoms with Gasteiger partial charge in [-0.2, -0.15) is 0 Å². The van der Waals surface area contributed by atoms with Gasteiger partial charge in [0.1, 0.15) is 5.78 Å². The second-order valence-electron chi connectivity index (χ2n) is 7.41. The summed E-state index contributed by atoms with van der Waals surface area (Å²) in [6.45, 7) is 8.08. The smallest absolute Gasteiger partial charge is 0.303 e. The number of aliphatic carboxylic acids is 1. The first-order valence-electron chi connectivity index (χ1n) is 8.50. The number of rotatable bonds is 7. The Morgan fingerprint density at radius 1 is 1.52 bits per heavy atom. The fourth-order valence-corrected chi connectivity index (χ4v) is 3.77. The molecule has 4 heteroatoms. The van der Waals surface area contributed by atoms with Gasteiger partial charge in [0.15, 0.2) is 0 Å². The molecule has 0 radical (unpaired) electrons. The van der Waals surface area contributed by atoms with E-state index in [9.17, 15) is 9.59 Å². The van der Waals surface area contributed by atoms with E-state index in [0.717, 1.165) is 25.7 Å². The van der Waals surface area contributed by atoms with Crippen molar-refractivity contribution in [2.24, 2.45) is 11.3 Å². The van der Waals surface area contributed by atoms with Crippen LogP contribution in [0.4, 0.5) is 0 Å². The van der Waals surface area contributed by atoms with E-state index >= 15 is 0 Å². The average molecular weight is 320 g/mol. The van der Waals surface area contributed by atoms with E-state index in [4.69, 9.17) is 9.84 Å². The van der Waals surface area contributed by atoms with Crippen molar-refractivity contribution in [2.75, 3.05) is 6.61 Å². The summed E-state index contributed by atoms with van der Waals surface area (Å²) in [5, 5.41) is 8.99. The topological polar surface area (TPSA) is 63.6 Å². The standard InChI is InChI=1S/C19H28O4/c1-4-18(3,14(2)10-17(21)22)23-13-15-6-5-8-19(11-15)9-7-16(20)12-19/h4,11,14H,1,5-10,12-13H2,2-3H3,(H,21,22)/t14?,18?,19-/m0/s1. The van der Waals surface area contributed by atoms with E-state index in [2.05, 4.69) is 12.7 Å². The number of hydrogen-bond acceptors (Lipinski definition) is 3. The number of carbonyl (C=O) groups excluding carboxylic acids is 1. The van der Waals surface area contributed by atoms with Crippen LogP contribution in [-0.2, 0) is 14.3 Å². The summed E-state index contributed by atoms with van der Waals surface area (Å²) in [6.07, 6.45) is 9.55. The van der Waals surface area contributed by atoms with Crippen molar-refractivity contribution < 1.29 is 19.4 Å². The van der Waals surface area contributed by atoms with Crippen LogP contribution in [0.25, 0.3) is 0 Å². The van der Waals surface area contributed by atoms with E-state index in [0.29, 0.717) is 25.2 Å². The Morgan fingerprint density at radius 2 is 2.26 bits per heavy atom. The molecule has 0 heterocycles. The number of carboxylic acids is 1. The third-order valence-electron chi connectivity index (χ3n) is 5.57. The van der Waals surface area contributed by atoms with Crippen LogP contribution in [0.5, 0.6) is 0 Å². The molecular weight excluding hydrogens is 292 g/mol. The third-order valence-corrected chi connectivity index (χ3v) is 5.57. The van der Waals surface area contributed by atoms with Gasteiger partial charge in [-0.25, -0.2) is 0 Å². The fourth-order valence-electron chi connectivity index (χ4n) is 3.77. The lowest BCUT2D eigenvalue weighted by Gasteiger charge is -2.35. The molecule has 1 N–H and O–H groups in total. The molecule has 2 rings (SSSR count). The van der Waals surface area contributed by atoms with Crippen LogP contribution < -0.4 is 0 Å². The minimum absolute atomic E-state index is 0.0556. The molecule has 0 amide bonds. The summed E-state index contributed by atoms with van der Waals surface area (Å²) in [5.74, 6) is -0.604. The van der Waals surface area contributed by atoms with Crippen molar-refractivity contribution in [3.8, 4) is 0 Å². The monoisotopic (exact) mass is 320 g/mol. The highest BCUT2D eigenvalue weighted by molar-refractivity contribution is 5.82. The van der Waals surface area contributed by atoms with Gasteiger partial charge in [0, 0.05) is 12.8 Å². The molecule has 1 saturated carbocycles. The molecule has 0 aromatic carbocycles. The van der Waals surface area contributed by atoms with E-state index in [1.807, 2.05) is 13.8 Å². The Bertz CT molecular complexity index is 521. The quantitative estimate of drug-likeness (QED) is 0.722. The largest absolute Gasteiger partial charge is 0.481 e. The van der Waals surface area contributed by atoms with E-state index in [-0.39, 0.29) is 17.8 Å². The van der Waals surface area contributed by atoms with Crippen molar-refractivity contribution in [2.45, 2.75) is 64.4 Å². The highest BCUT2D eigenvalue weighted by atomic mass is 16.5. The first-order valence-corrected chi connectivity index (χ1v) is 8.50. The minimum Gasteiger partial charge on any atom is -0.481 e. The third kappa shape index (κ3) is 4.31. The van der Waals surface area contributed by atoms with Crippen LogP contribution in [0.2, 0.25) is 0 Å². The van der Waals surface area contributed by atoms with Crippen LogP contribution in [0.3, 0.4) is 0 Å². The molecule has 3 atom stereocenters. The molecule has 23 heavy (non-hydrogen) atoms. The van der Waals surface area contributed by atoms with Gasteiger partial charge in [-0.1, -0.05) is 19.1 Å². The maximum Gasteiger partial charge on any atom is 0.303 e. The average Bonchev–Trinajstić information content (AvgIpc) is 2.84. The van der Waals surface area contributed by atoms with Gasteiger partial charge in [-0.15, -0.1) is 6.58 Å². The zero-order valence-electron chi connectivity index (χ0n) is 14.3. The summed E-state index contributed by atoms with van der Waals surface area (Å²) in [4.78, 5) is 22.6. The predicted molar refractivity (Wildman–Crippen MR) is 89.2 cm³/mol. The summed E-state index contributed by atoms with van der Waals surface area (Å²) in [5.41, 5.74) is 0.641. The van der Waals surface area contributed by atoms with Crippen molar-refractivity contribution in [3.63, 3.8) is 0 Å². The van der Waals surface area contributed by atoms with Crippen molar-refractivity contribution in [1.29, 1.82) is 0 Å². The molecular formula is C19H28O4. The predicted octanol–water partition coefficient (Wildman–Crippen LogP) is 3.91. The number of ether oxygens (including phenoxy) is 1. The molecule has 1 spiro atoms. The van der Waals surface area contributed by atoms with Gasteiger partial charge in [0.05, 0.1) is 18.6 Å². The summed E-state index contributed by atoms with van der Waals surface area (Å²) < 4.78 is 6.08. The summed E-state index contributed by atoms with van der Waals surface area (Å²) in [6, 6.07) is 0. The van der Waals surface area contributed by atoms with E-state index in [1.165, 1.54) is 5.57 Å². The Morgan fingerprint density at radius 3 is 2.83 bits per heavy atom. The summed E-state index contributed by atoms with van der Waals surface area (Å²) in [7, 11) is 0. The molecule has 1 fully saturated rings. The van der Waals surface area contributed by atoms with E-state index < -0.39 is 11.6 Å². The first kappa shape index (κ1) is 17.9. The van der Waals surface area contributed by atoms with E-state index in [1.54, 1.807) is 6.08 Å². The van der Waals surface area contributed by atoms with Crippen molar-refractivity contribution in [3.05, 3.63) is 24.3 Å². The maximum absolute atomic E-state index is 11.6. The SMILES string of the molecule is C=CC(C)(OCC1=C[C@]2(CCC1)CCC(=O)C2)C(C)CC(=O)O. The fraction of sp³-hybridized carbons (Fsp3) is 0.684. The molecule has 0 aromatic rings. The number of carbonyl (C=O) groups is 2. The summed E-state index contributed by atoms with van der Waals surface area (Å²) >= 11 is 0. The molecule has 0 aromatic heterocycles. The van der Waals surface area contributed by atoms with Gasteiger partial charge in [-0.3, -0.25) is 9.59 Å². The highest BCUT2D eigenvalue weighted by Crippen LogP contribution is 2.46. The highest BCUT2D eigenvalue weighted by Gasteiger charge is 2.38. The Balaban J connectivity index is 2.02. The zero-order valence-corrected chi connectivity index (χ0v) is 14.3. The normalized spacial score (nSPS) is 28.3. The first-order chi connectivity index (χ1) is 10.8. The number of Topliss-reactive ketones (excluding diaryl/α,β-unsaturated/α-hetero) is 1. The van der Waals surface area contributed by atoms with Gasteiger partial charge in [0.25, 0.3) is 0 Å². The number of hydrogen-bond donors (Lipinski definition) is 1. The van der Waals surface area contributed by atoms with Crippen LogP contribution in [-0.4, -0.2) is 29.1 Å². The van der Waals surface area contributed by atoms with Crippen LogP contribution in [0, 0.1) is 11.3 Å². The van der Waals surface area contributed by atoms with Crippen LogP contribution in [0.1, 0.15) is 58.8 Å². The lowest BCUT2D eigenvalue weighted by atomic mass is 9.75. The van der Waals surface area contributed by atoms with Crippen molar-refractivity contribution in [1.82, 2.24) is 0 Å². The lowest BCUT2D eigenvalue weighted by molar-refractivity contribution is -0.140. The molecule has 0 bridgehead atoms. The Hall–Kier alpha value is -1.42. The maximum atomic E-state index is 11.6. The van der Waals surface area contributed by atoms with Gasteiger partial charge in [0.2, 0.25) is 0 Å². The Kier molecular flexibility index (Phi) is 5.45. The second kappa shape index (κ2) is 7.00. The van der Waals surface area contributed by atoms with Gasteiger partial charge >= 0.3 is 5.97 Å².